The molecule has 12 heteroatoms. The smallest absolute Gasteiger partial charge is 0.415 e. The average Bonchev–Trinajstić information content (AvgIpc) is 3.53. The molecule has 0 radical (unpaired) electrons. The van der Waals surface area contributed by atoms with Crippen LogP contribution in [0.25, 0.3) is 5.65 Å². The van der Waals surface area contributed by atoms with Crippen molar-refractivity contribution in [1.29, 1.82) is 0 Å². The van der Waals surface area contributed by atoms with Gasteiger partial charge >= 0.3 is 6.09 Å². The van der Waals surface area contributed by atoms with Crippen molar-refractivity contribution in [2.45, 2.75) is 70.2 Å². The molecule has 0 unspecified atom stereocenters. The normalized spacial score (nSPS) is 19.1. The van der Waals surface area contributed by atoms with E-state index in [2.05, 4.69) is 20.7 Å². The van der Waals surface area contributed by atoms with Gasteiger partial charge in [0.2, 0.25) is 0 Å². The third-order valence-corrected chi connectivity index (χ3v) is 6.66. The average molecular weight is 524 g/mol. The highest BCUT2D eigenvalue weighted by atomic mass is 16.6. The van der Waals surface area contributed by atoms with Gasteiger partial charge in [0.15, 0.2) is 5.65 Å². The summed E-state index contributed by atoms with van der Waals surface area (Å²) in [6.45, 7) is 5.33. The molecule has 3 heterocycles. The number of fused-ring (bicyclic) bond motifs is 1. The molecule has 2 N–H and O–H groups in total. The lowest BCUT2D eigenvalue weighted by atomic mass is 9.89. The Morgan fingerprint density at radius 2 is 1.95 bits per heavy atom. The molecule has 202 valence electrons. The molecule has 0 saturated heterocycles. The molecule has 0 bridgehead atoms. The highest BCUT2D eigenvalue weighted by Crippen LogP contribution is 2.33. The van der Waals surface area contributed by atoms with E-state index < -0.39 is 11.7 Å². The lowest BCUT2D eigenvalue weighted by molar-refractivity contribution is 0.00522. The fourth-order valence-corrected chi connectivity index (χ4v) is 4.31. The first-order valence-electron chi connectivity index (χ1n) is 12.7. The summed E-state index contributed by atoms with van der Waals surface area (Å²) in [7, 11) is 3.22. The van der Waals surface area contributed by atoms with Gasteiger partial charge in [0.25, 0.3) is 11.5 Å². The number of amides is 2. The second kappa shape index (κ2) is 9.75. The first kappa shape index (κ1) is 25.7. The third-order valence-electron chi connectivity index (χ3n) is 6.66. The second-order valence-corrected chi connectivity index (χ2v) is 10.8. The first-order chi connectivity index (χ1) is 18.0. The summed E-state index contributed by atoms with van der Waals surface area (Å²) in [6, 6.07) is 5.27. The van der Waals surface area contributed by atoms with E-state index in [1.54, 1.807) is 63.9 Å². The van der Waals surface area contributed by atoms with Crippen LogP contribution in [0.2, 0.25) is 0 Å². The molecule has 3 aromatic heterocycles. The molecule has 0 aromatic carbocycles. The molecule has 12 nitrogen and oxygen atoms in total. The van der Waals surface area contributed by atoms with Crippen LogP contribution in [-0.4, -0.2) is 63.1 Å². The van der Waals surface area contributed by atoms with Gasteiger partial charge in [-0.15, -0.1) is 0 Å². The van der Waals surface area contributed by atoms with Gasteiger partial charge in [0.1, 0.15) is 28.5 Å². The standard InChI is InChI=1S/C26H33N7O5/c1-26(2,3)38-25(36)31(4)21-13-20(30-22-18(14-27-33(21)22)23(34)28-15-8-9-15)29-19-7-6-10-32(24(19)35)16-11-17(12-16)37-5/h6-7,10,13-17H,8-9,11-12H2,1-5H3,(H,28,34)(H,29,30). The van der Waals surface area contributed by atoms with Crippen LogP contribution in [-0.2, 0) is 9.47 Å². The van der Waals surface area contributed by atoms with Crippen molar-refractivity contribution in [2.75, 3.05) is 24.4 Å². The quantitative estimate of drug-likeness (QED) is 0.482. The summed E-state index contributed by atoms with van der Waals surface area (Å²) in [6.07, 6.45) is 6.15. The van der Waals surface area contributed by atoms with E-state index in [9.17, 15) is 14.4 Å². The number of ether oxygens (including phenoxy) is 2. The zero-order valence-corrected chi connectivity index (χ0v) is 22.2. The molecule has 0 aliphatic heterocycles. The van der Waals surface area contributed by atoms with Crippen molar-refractivity contribution in [3.63, 3.8) is 0 Å². The van der Waals surface area contributed by atoms with Gasteiger partial charge < -0.3 is 24.7 Å². The number of aromatic nitrogens is 4. The zero-order valence-electron chi connectivity index (χ0n) is 22.2. The number of anilines is 3. The maximum Gasteiger partial charge on any atom is 0.415 e. The minimum absolute atomic E-state index is 0.0612. The predicted octanol–water partition coefficient (Wildman–Crippen LogP) is 3.25. The zero-order chi connectivity index (χ0) is 27.2. The van der Waals surface area contributed by atoms with Gasteiger partial charge in [0, 0.05) is 38.5 Å². The number of hydrogen-bond donors (Lipinski definition) is 2. The van der Waals surface area contributed by atoms with Crippen LogP contribution < -0.4 is 21.1 Å². The summed E-state index contributed by atoms with van der Waals surface area (Å²) in [5.41, 5.74) is -0.0755. The number of nitrogens with one attached hydrogen (secondary N) is 2. The predicted molar refractivity (Wildman–Crippen MR) is 141 cm³/mol. The largest absolute Gasteiger partial charge is 0.443 e. The Hall–Kier alpha value is -3.93. The molecule has 0 atom stereocenters. The minimum Gasteiger partial charge on any atom is -0.443 e. The fraction of sp³-hybridized carbons (Fsp3) is 0.500. The van der Waals surface area contributed by atoms with Gasteiger partial charge in [-0.25, -0.2) is 9.78 Å². The van der Waals surface area contributed by atoms with E-state index in [0.29, 0.717) is 11.5 Å². The molecular formula is C26H33N7O5. The maximum atomic E-state index is 13.3. The topological polar surface area (TPSA) is 132 Å². The first-order valence-corrected chi connectivity index (χ1v) is 12.7. The van der Waals surface area contributed by atoms with Crippen LogP contribution in [0.3, 0.4) is 0 Å². The van der Waals surface area contributed by atoms with Gasteiger partial charge in [-0.05, 0) is 58.6 Å². The Morgan fingerprint density at radius 3 is 2.61 bits per heavy atom. The Labute approximate surface area is 219 Å². The lowest BCUT2D eigenvalue weighted by Crippen LogP contribution is -2.37. The molecule has 2 saturated carbocycles. The number of nitrogens with zero attached hydrogens (tertiary/aromatic N) is 5. The monoisotopic (exact) mass is 523 g/mol. The van der Waals surface area contributed by atoms with Crippen LogP contribution in [0.5, 0.6) is 0 Å². The minimum atomic E-state index is -0.712. The van der Waals surface area contributed by atoms with Crippen molar-refractivity contribution in [1.82, 2.24) is 24.5 Å². The van der Waals surface area contributed by atoms with Crippen LogP contribution in [0, 0.1) is 0 Å². The van der Waals surface area contributed by atoms with Crippen molar-refractivity contribution in [3.05, 3.63) is 46.5 Å². The van der Waals surface area contributed by atoms with Gasteiger partial charge in [0.05, 0.1) is 12.3 Å². The van der Waals surface area contributed by atoms with Crippen molar-refractivity contribution >= 4 is 35.0 Å². The van der Waals surface area contributed by atoms with E-state index in [1.807, 2.05) is 0 Å². The van der Waals surface area contributed by atoms with Crippen molar-refractivity contribution < 1.29 is 19.1 Å². The number of rotatable bonds is 7. The maximum absolute atomic E-state index is 13.3. The second-order valence-electron chi connectivity index (χ2n) is 10.8. The van der Waals surface area contributed by atoms with Gasteiger partial charge in [-0.2, -0.15) is 9.61 Å². The Bertz CT molecular complexity index is 1430. The van der Waals surface area contributed by atoms with Crippen molar-refractivity contribution in [2.24, 2.45) is 0 Å². The molecule has 38 heavy (non-hydrogen) atoms. The summed E-state index contributed by atoms with van der Waals surface area (Å²) in [4.78, 5) is 45.0. The molecule has 2 aliphatic rings. The molecule has 2 aliphatic carbocycles. The fourth-order valence-electron chi connectivity index (χ4n) is 4.31. The lowest BCUT2D eigenvalue weighted by Gasteiger charge is -2.35. The van der Waals surface area contributed by atoms with Crippen LogP contribution >= 0.6 is 0 Å². The molecule has 2 fully saturated rings. The molecular weight excluding hydrogens is 490 g/mol. The van der Waals surface area contributed by atoms with Crippen molar-refractivity contribution in [3.8, 4) is 0 Å². The van der Waals surface area contributed by atoms with Crippen LogP contribution in [0.15, 0.2) is 35.4 Å². The van der Waals surface area contributed by atoms with E-state index in [1.165, 1.54) is 15.6 Å². The SMILES string of the molecule is COC1CC(n2cccc(Nc3cc(N(C)C(=O)OC(C)(C)C)n4ncc(C(=O)NC5CC5)c4n3)c2=O)C1. The summed E-state index contributed by atoms with van der Waals surface area (Å²) < 4.78 is 14.0. The summed E-state index contributed by atoms with van der Waals surface area (Å²) >= 11 is 0. The molecule has 0 spiro atoms. The van der Waals surface area contributed by atoms with E-state index in [0.717, 1.165) is 25.7 Å². The summed E-state index contributed by atoms with van der Waals surface area (Å²) in [5.74, 6) is 0.301. The van der Waals surface area contributed by atoms with E-state index in [-0.39, 0.29) is 46.7 Å². The van der Waals surface area contributed by atoms with Crippen LogP contribution in [0.1, 0.15) is 62.9 Å². The van der Waals surface area contributed by atoms with E-state index >= 15 is 0 Å². The third kappa shape index (κ3) is 5.21. The Morgan fingerprint density at radius 1 is 1.21 bits per heavy atom. The van der Waals surface area contributed by atoms with Gasteiger partial charge in [-0.1, -0.05) is 0 Å². The summed E-state index contributed by atoms with van der Waals surface area (Å²) in [5, 5.41) is 10.4. The number of hydrogen-bond acceptors (Lipinski definition) is 8. The van der Waals surface area contributed by atoms with Gasteiger partial charge in [-0.3, -0.25) is 14.5 Å². The number of pyridine rings is 1. The highest BCUT2D eigenvalue weighted by molar-refractivity contribution is 6.00. The Balaban J connectivity index is 1.52. The van der Waals surface area contributed by atoms with E-state index in [4.69, 9.17) is 9.47 Å². The molecule has 2 amide bonds. The number of carbonyl (C=O) groups excluding carboxylic acids is 2. The number of methoxy groups -OCH3 is 1. The Kier molecular flexibility index (Phi) is 6.59. The number of carbonyl (C=O) groups is 2. The molecule has 3 aromatic rings. The molecule has 5 rings (SSSR count). The highest BCUT2D eigenvalue weighted by Gasteiger charge is 2.32. The van der Waals surface area contributed by atoms with Crippen LogP contribution in [0.4, 0.5) is 22.1 Å².